The Labute approximate surface area is 416 Å². The van der Waals surface area contributed by atoms with E-state index in [1.54, 1.807) is 24.5 Å². The van der Waals surface area contributed by atoms with Crippen molar-refractivity contribution in [2.45, 2.75) is 26.2 Å². The highest BCUT2D eigenvalue weighted by Gasteiger charge is 2.24. The molecule has 0 radical (unpaired) electrons. The Morgan fingerprint density at radius 3 is 1.07 bits per heavy atom. The molecule has 0 fully saturated rings. The molecule has 0 unspecified atom stereocenters. The van der Waals surface area contributed by atoms with Crippen LogP contribution in [-0.4, -0.2) is 30.4 Å². The number of aromatic hydroxyl groups is 4. The number of fused-ring (bicyclic) bond motifs is 5. The number of hydrogen-bond acceptors (Lipinski definition) is 8. The molecule has 12 rings (SSSR count). The van der Waals surface area contributed by atoms with E-state index in [2.05, 4.69) is 46.2 Å². The fraction of sp³-hybridized carbons (Fsp3) is 0.0625. The molecule has 0 aliphatic carbocycles. The summed E-state index contributed by atoms with van der Waals surface area (Å²) in [6.07, 6.45) is 3.57. The third-order valence-corrected chi connectivity index (χ3v) is 13.9. The van der Waals surface area contributed by atoms with Crippen LogP contribution in [0.4, 0.5) is 11.6 Å². The van der Waals surface area contributed by atoms with Crippen LogP contribution in [0, 0.1) is 0 Å². The lowest BCUT2D eigenvalue weighted by atomic mass is 9.90. The molecule has 2 heterocycles. The summed E-state index contributed by atoms with van der Waals surface area (Å²) < 4.78 is 0. The van der Waals surface area contributed by atoms with Crippen molar-refractivity contribution in [1.82, 2.24) is 9.97 Å². The zero-order valence-electron chi connectivity index (χ0n) is 39.2. The van der Waals surface area contributed by atoms with Crippen LogP contribution >= 0.6 is 0 Å². The highest BCUT2D eigenvalue weighted by molar-refractivity contribution is 6.11. The van der Waals surface area contributed by atoms with Crippen LogP contribution in [0.3, 0.4) is 0 Å². The van der Waals surface area contributed by atoms with Gasteiger partial charge in [-0.25, -0.2) is 9.97 Å². The Hall–Kier alpha value is -9.40. The maximum Gasteiger partial charge on any atom is 0.129 e. The van der Waals surface area contributed by atoms with Gasteiger partial charge in [-0.15, -0.1) is 0 Å². The molecule has 8 nitrogen and oxygen atoms in total. The molecule has 2 aromatic heterocycles. The van der Waals surface area contributed by atoms with Crippen molar-refractivity contribution >= 4 is 65.5 Å². The minimum atomic E-state index is 0.106. The summed E-state index contributed by atoms with van der Waals surface area (Å²) in [7, 11) is 0. The van der Waals surface area contributed by atoms with Crippen molar-refractivity contribution in [3.05, 3.63) is 241 Å². The molecule has 72 heavy (non-hydrogen) atoms. The maximum atomic E-state index is 12.3. The Bertz CT molecular complexity index is 3750. The topological polar surface area (TPSA) is 113 Å². The lowest BCUT2D eigenvalue weighted by molar-refractivity contribution is 0.465. The van der Waals surface area contributed by atoms with Gasteiger partial charge in [0.15, 0.2) is 0 Å². The van der Waals surface area contributed by atoms with Crippen molar-refractivity contribution in [2.75, 3.05) is 9.80 Å². The van der Waals surface area contributed by atoms with Crippen molar-refractivity contribution in [1.29, 1.82) is 0 Å². The summed E-state index contributed by atoms with van der Waals surface area (Å²) >= 11 is 0. The minimum absolute atomic E-state index is 0.106. The first-order valence-electron chi connectivity index (χ1n) is 24.1. The minimum Gasteiger partial charge on any atom is -0.507 e. The van der Waals surface area contributed by atoms with Gasteiger partial charge in [0, 0.05) is 72.0 Å². The number of pyridine rings is 2. The molecule has 0 saturated carbocycles. The Morgan fingerprint density at radius 2 is 0.667 bits per heavy atom. The van der Waals surface area contributed by atoms with Gasteiger partial charge in [-0.2, -0.15) is 0 Å². The van der Waals surface area contributed by atoms with E-state index in [4.69, 9.17) is 9.97 Å². The number of nitrogens with zero attached hydrogens (tertiary/aromatic N) is 4. The highest BCUT2D eigenvalue weighted by atomic mass is 16.3. The normalized spacial score (nSPS) is 11.5. The molecule has 12 aromatic rings. The zero-order chi connectivity index (χ0) is 48.7. The number of anilines is 2. The number of aromatic nitrogens is 2. The first-order valence-corrected chi connectivity index (χ1v) is 24.1. The summed E-state index contributed by atoms with van der Waals surface area (Å²) in [5.41, 5.74) is 5.97. The quantitative estimate of drug-likeness (QED) is 0.0958. The van der Waals surface area contributed by atoms with Crippen LogP contribution in [0.5, 0.6) is 23.0 Å². The Morgan fingerprint density at radius 1 is 0.306 bits per heavy atom. The van der Waals surface area contributed by atoms with E-state index in [1.165, 1.54) is 0 Å². The highest BCUT2D eigenvalue weighted by Crippen LogP contribution is 2.48. The SMILES string of the molecule is Oc1ccc2ccccc2c1-c1c(O)c(CN(Cc2ccc3cc(CN(Cc4cc5ccccc5c(-c5c(O)ccc6ccccc56)c4O)c4ccccn4)ccc3c2)c2ccccn2)cc2ccccc12. The van der Waals surface area contributed by atoms with Crippen LogP contribution in [-0.2, 0) is 26.2 Å². The maximum absolute atomic E-state index is 12.3. The van der Waals surface area contributed by atoms with Crippen LogP contribution in [0.15, 0.2) is 219 Å². The van der Waals surface area contributed by atoms with Crippen LogP contribution in [0.2, 0.25) is 0 Å². The van der Waals surface area contributed by atoms with Crippen molar-refractivity contribution in [3.8, 4) is 45.3 Å². The van der Waals surface area contributed by atoms with E-state index in [0.717, 1.165) is 76.6 Å². The molecule has 0 aliphatic heterocycles. The summed E-state index contributed by atoms with van der Waals surface area (Å²) in [4.78, 5) is 13.9. The molecule has 0 amide bonds. The number of benzene rings is 10. The van der Waals surface area contributed by atoms with Gasteiger partial charge in [0.05, 0.1) is 0 Å². The van der Waals surface area contributed by atoms with Gasteiger partial charge in [-0.1, -0.05) is 146 Å². The van der Waals surface area contributed by atoms with E-state index < -0.39 is 0 Å². The number of phenols is 4. The predicted molar refractivity (Wildman–Crippen MR) is 293 cm³/mol. The largest absolute Gasteiger partial charge is 0.507 e. The second-order valence-corrected chi connectivity index (χ2v) is 18.4. The van der Waals surface area contributed by atoms with Crippen LogP contribution in [0.25, 0.3) is 76.1 Å². The van der Waals surface area contributed by atoms with Crippen molar-refractivity contribution in [3.63, 3.8) is 0 Å². The van der Waals surface area contributed by atoms with Gasteiger partial charge in [0.1, 0.15) is 34.6 Å². The second-order valence-electron chi connectivity index (χ2n) is 18.4. The van der Waals surface area contributed by atoms with E-state index >= 15 is 0 Å². The van der Waals surface area contributed by atoms with E-state index in [0.29, 0.717) is 59.6 Å². The molecule has 4 N–H and O–H groups in total. The molecule has 0 atom stereocenters. The molecule has 10 aromatic carbocycles. The van der Waals surface area contributed by atoms with Gasteiger partial charge >= 0.3 is 0 Å². The van der Waals surface area contributed by atoms with Gasteiger partial charge in [-0.3, -0.25) is 0 Å². The fourth-order valence-electron chi connectivity index (χ4n) is 10.5. The molecule has 0 aliphatic rings. The summed E-state index contributed by atoms with van der Waals surface area (Å²) in [5.74, 6) is 1.98. The van der Waals surface area contributed by atoms with Crippen LogP contribution in [0.1, 0.15) is 22.3 Å². The first-order chi connectivity index (χ1) is 35.3. The summed E-state index contributed by atoms with van der Waals surface area (Å²) in [6.45, 7) is 1.72. The third kappa shape index (κ3) is 8.14. The second kappa shape index (κ2) is 18.5. The van der Waals surface area contributed by atoms with Gasteiger partial charge in [-0.05, 0) is 126 Å². The number of phenolic OH excluding ortho intramolecular Hbond substituents is 4. The third-order valence-electron chi connectivity index (χ3n) is 13.9. The number of hydrogen-bond donors (Lipinski definition) is 4. The van der Waals surface area contributed by atoms with Crippen molar-refractivity contribution in [2.24, 2.45) is 0 Å². The smallest absolute Gasteiger partial charge is 0.129 e. The van der Waals surface area contributed by atoms with Crippen molar-refractivity contribution < 1.29 is 20.4 Å². The monoisotopic (exact) mass is 936 g/mol. The average molecular weight is 937 g/mol. The van der Waals surface area contributed by atoms with Gasteiger partial charge < -0.3 is 30.2 Å². The molecular formula is C64H48N4O4. The van der Waals surface area contributed by atoms with E-state index in [9.17, 15) is 20.4 Å². The molecular weight excluding hydrogens is 889 g/mol. The number of rotatable bonds is 12. The average Bonchev–Trinajstić information content (AvgIpc) is 3.42. The molecule has 0 saturated heterocycles. The van der Waals surface area contributed by atoms with Gasteiger partial charge in [0.2, 0.25) is 0 Å². The molecule has 0 spiro atoms. The fourth-order valence-corrected chi connectivity index (χ4v) is 10.5. The molecule has 348 valence electrons. The van der Waals surface area contributed by atoms with Gasteiger partial charge in [0.25, 0.3) is 0 Å². The Balaban J connectivity index is 0.871. The summed E-state index contributed by atoms with van der Waals surface area (Å²) in [6, 6.07) is 67.9. The Kier molecular flexibility index (Phi) is 11.3. The predicted octanol–water partition coefficient (Wildman–Crippen LogP) is 14.8. The zero-order valence-corrected chi connectivity index (χ0v) is 39.2. The van der Waals surface area contributed by atoms with E-state index in [-0.39, 0.29) is 23.0 Å². The van der Waals surface area contributed by atoms with E-state index in [1.807, 2.05) is 158 Å². The standard InChI is InChI=1S/C64H48N4O4/c69-55-29-27-43-13-1-5-17-51(43)59(55)61-53-19-7-3-15-47(53)35-49(63(61)71)39-67(57-21-9-11-31-65-57)37-41-23-25-46-34-42(24-26-45(46)33-41)38-68(58-22-10-12-32-66-58)40-50-36-48-16-4-8-20-54(48)62(64(50)72)60-52-18-6-2-14-44(52)28-30-56(60)70/h1-36,69-72H,37-40H2. The lowest BCUT2D eigenvalue weighted by Gasteiger charge is -2.26. The first kappa shape index (κ1) is 43.9. The molecule has 0 bridgehead atoms. The summed E-state index contributed by atoms with van der Waals surface area (Å²) in [5, 5.41) is 57.0. The lowest BCUT2D eigenvalue weighted by Crippen LogP contribution is -2.23. The molecule has 8 heteroatoms. The van der Waals surface area contributed by atoms with Crippen LogP contribution < -0.4 is 9.80 Å².